The van der Waals surface area contributed by atoms with Crippen molar-refractivity contribution in [3.63, 3.8) is 0 Å². The van der Waals surface area contributed by atoms with Crippen LogP contribution in [0.4, 0.5) is 21.5 Å². The van der Waals surface area contributed by atoms with Gasteiger partial charge in [0.15, 0.2) is 11.5 Å². The highest BCUT2D eigenvalue weighted by molar-refractivity contribution is 5.55. The number of nitrogens with zero attached hydrogens (tertiary/aromatic N) is 2. The predicted molar refractivity (Wildman–Crippen MR) is 177 cm³/mol. The molecule has 0 aliphatic carbocycles. The zero-order valence-electron chi connectivity index (χ0n) is 28.1. The van der Waals surface area contributed by atoms with Gasteiger partial charge in [-0.3, -0.25) is 0 Å². The highest BCUT2D eigenvalue weighted by Crippen LogP contribution is 2.29. The zero-order chi connectivity index (χ0) is 33.5. The molecular weight excluding hydrogens is 629 g/mol. The number of nitrogens with two attached hydrogens (primary N) is 1. The molecule has 266 valence electrons. The molecule has 5 rings (SSSR count). The van der Waals surface area contributed by atoms with E-state index in [9.17, 15) is 14.2 Å². The van der Waals surface area contributed by atoms with E-state index < -0.39 is 5.82 Å². The Morgan fingerprint density at radius 3 is 1.48 bits per heavy atom. The fraction of sp³-hybridized carbons (Fsp3) is 0.455. The molecule has 0 unspecified atom stereocenters. The monoisotopic (exact) mass is 677 g/mol. The summed E-state index contributed by atoms with van der Waals surface area (Å²) in [4.78, 5) is 25.5. The molecule has 0 aromatic heterocycles. The van der Waals surface area contributed by atoms with E-state index in [2.05, 4.69) is 23.9 Å². The van der Waals surface area contributed by atoms with E-state index in [0.717, 1.165) is 69.4 Å². The summed E-state index contributed by atoms with van der Waals surface area (Å²) >= 11 is 0. The normalized spacial score (nSPS) is 15.0. The average Bonchev–Trinajstić information content (AvgIpc) is 3.08. The van der Waals surface area contributed by atoms with Gasteiger partial charge in [0.1, 0.15) is 35.3 Å². The molecule has 0 spiro atoms. The molecule has 3 aromatic rings. The van der Waals surface area contributed by atoms with E-state index in [0.29, 0.717) is 29.0 Å². The molecule has 2 aliphatic heterocycles. The minimum atomic E-state index is -0.430. The first-order valence-electron chi connectivity index (χ1n) is 15.1. The van der Waals surface area contributed by atoms with Crippen LogP contribution < -0.4 is 39.8 Å². The lowest BCUT2D eigenvalue weighted by Gasteiger charge is -2.29. The molecule has 0 saturated carbocycles. The van der Waals surface area contributed by atoms with Gasteiger partial charge >= 0.3 is 0 Å². The van der Waals surface area contributed by atoms with Crippen LogP contribution in [0.5, 0.6) is 28.7 Å². The topological polar surface area (TPSA) is 201 Å². The van der Waals surface area contributed by atoms with Crippen molar-refractivity contribution in [1.29, 1.82) is 0 Å². The molecule has 0 amide bonds. The van der Waals surface area contributed by atoms with Gasteiger partial charge in [0.05, 0.1) is 27.0 Å². The summed E-state index contributed by atoms with van der Waals surface area (Å²) in [7, 11) is 8.78. The van der Waals surface area contributed by atoms with Crippen molar-refractivity contribution < 1.29 is 49.4 Å². The van der Waals surface area contributed by atoms with Gasteiger partial charge in [0.25, 0.3) is 11.4 Å². The smallest absolute Gasteiger partial charge is 0.295 e. The number of likely N-dealkylation sites (tertiary alicyclic amines) is 2. The second kappa shape index (κ2) is 21.3. The van der Waals surface area contributed by atoms with Crippen LogP contribution in [0.1, 0.15) is 25.7 Å². The van der Waals surface area contributed by atoms with E-state index in [1.165, 1.54) is 26.4 Å². The molecule has 6 N–H and O–H groups in total. The molecule has 2 saturated heterocycles. The van der Waals surface area contributed by atoms with E-state index >= 15 is 0 Å². The molecule has 0 atom stereocenters. The molecule has 3 aromatic carbocycles. The van der Waals surface area contributed by atoms with Gasteiger partial charge in [0.2, 0.25) is 0 Å². The van der Waals surface area contributed by atoms with Crippen molar-refractivity contribution in [3.8, 4) is 28.7 Å². The van der Waals surface area contributed by atoms with Gasteiger partial charge in [-0.2, -0.15) is 0 Å². The summed E-state index contributed by atoms with van der Waals surface area (Å²) in [6.07, 6.45) is 4.75. The summed E-state index contributed by atoms with van der Waals surface area (Å²) in [5, 5.41) is 3.48. The van der Waals surface area contributed by atoms with E-state index in [1.807, 2.05) is 23.4 Å². The second-order valence-electron chi connectivity index (χ2n) is 11.1. The average molecular weight is 678 g/mol. The molecule has 2 heterocycles. The van der Waals surface area contributed by atoms with Crippen molar-refractivity contribution in [1.82, 2.24) is 9.80 Å². The molecule has 14 nitrogen and oxygen atoms in total. The Balaban J connectivity index is 0.000000363. The van der Waals surface area contributed by atoms with Gasteiger partial charge in [-0.1, -0.05) is 0 Å². The zero-order valence-corrected chi connectivity index (χ0v) is 28.1. The minimum absolute atomic E-state index is 0. The molecule has 0 radical (unpaired) electrons. The Morgan fingerprint density at radius 2 is 1.04 bits per heavy atom. The van der Waals surface area contributed by atoms with Crippen LogP contribution in [0.2, 0.25) is 0 Å². The summed E-state index contributed by atoms with van der Waals surface area (Å²) in [6.45, 7) is 4.30. The SMILES string of the molecule is COc1cc(F)ccc1[NH+]=O.COc1cc(OC2CCN(C)CC2)ccc1N.COc1cc(OC2CCN(C)CC2)ccc1[NH+]=O.[OH-].[OH-]. The molecule has 15 heteroatoms. The Morgan fingerprint density at radius 1 is 0.646 bits per heavy atom. The molecule has 2 fully saturated rings. The van der Waals surface area contributed by atoms with Crippen molar-refractivity contribution in [2.75, 3.05) is 67.3 Å². The number of ether oxygens (including phenoxy) is 5. The van der Waals surface area contributed by atoms with E-state index in [-0.39, 0.29) is 28.5 Å². The number of hydrogen-bond acceptors (Lipinski definition) is 12. The van der Waals surface area contributed by atoms with Gasteiger partial charge in [-0.25, -0.2) is 4.39 Å². The van der Waals surface area contributed by atoms with Crippen LogP contribution in [-0.2, 0) is 0 Å². The number of halogens is 1. The number of methoxy groups -OCH3 is 3. The van der Waals surface area contributed by atoms with Crippen LogP contribution in [0, 0.1) is 15.6 Å². The van der Waals surface area contributed by atoms with Crippen molar-refractivity contribution >= 4 is 17.1 Å². The van der Waals surface area contributed by atoms with E-state index in [4.69, 9.17) is 29.4 Å². The fourth-order valence-electron chi connectivity index (χ4n) is 4.93. The quantitative estimate of drug-likeness (QED) is 0.280. The lowest BCUT2D eigenvalue weighted by atomic mass is 10.1. The third-order valence-corrected chi connectivity index (χ3v) is 7.70. The standard InChI is InChI=1S/C13H18N2O3.C13H20N2O2.C7H6FNO2.2H2O/c1-15-7-5-10(6-8-15)18-11-3-4-12(14-16)13(9-11)17-2;1-15-7-5-10(6-8-15)17-11-3-4-12(14)13(9-11)16-2;1-11-7-4-5(8)2-3-6(7)9-10;;/h3-4,9-10H,5-8H2,1-2H3;3-4,9-10H,5-8,14H2,1-2H3;2-4H,1H3;2*1H2. The van der Waals surface area contributed by atoms with Crippen molar-refractivity contribution in [3.05, 3.63) is 70.2 Å². The Kier molecular flexibility index (Phi) is 18.4. The van der Waals surface area contributed by atoms with Crippen LogP contribution >= 0.6 is 0 Å². The summed E-state index contributed by atoms with van der Waals surface area (Å²) in [5.74, 6) is 2.55. The van der Waals surface area contributed by atoms with Crippen LogP contribution in [0.15, 0.2) is 54.6 Å². The minimum Gasteiger partial charge on any atom is -0.870 e. The molecule has 48 heavy (non-hydrogen) atoms. The molecule has 2 aliphatic rings. The maximum atomic E-state index is 12.5. The third-order valence-electron chi connectivity index (χ3n) is 7.70. The van der Waals surface area contributed by atoms with Crippen LogP contribution in [0.3, 0.4) is 0 Å². The fourth-order valence-corrected chi connectivity index (χ4v) is 4.93. The predicted octanol–water partition coefficient (Wildman–Crippen LogP) is 2.36. The van der Waals surface area contributed by atoms with Crippen molar-refractivity contribution in [2.24, 2.45) is 0 Å². The number of nitrogens with one attached hydrogen (secondary N) is 2. The molecular formula is C33H48FN5O9. The number of hydrogen-bond donors (Lipinski definition) is 3. The Labute approximate surface area is 280 Å². The summed E-state index contributed by atoms with van der Waals surface area (Å²) in [6, 6.07) is 14.4. The highest BCUT2D eigenvalue weighted by Gasteiger charge is 2.20. The largest absolute Gasteiger partial charge is 0.870 e. The summed E-state index contributed by atoms with van der Waals surface area (Å²) in [5.41, 5.74) is 7.06. The first kappa shape index (κ1) is 41.5. The molecule has 0 bridgehead atoms. The number of rotatable bonds is 9. The lowest BCUT2D eigenvalue weighted by Crippen LogP contribution is -2.55. The van der Waals surface area contributed by atoms with Gasteiger partial charge in [0, 0.05) is 76.7 Å². The van der Waals surface area contributed by atoms with E-state index in [1.54, 1.807) is 30.5 Å². The first-order chi connectivity index (χ1) is 22.2. The van der Waals surface area contributed by atoms with Crippen LogP contribution in [0.25, 0.3) is 0 Å². The van der Waals surface area contributed by atoms with Gasteiger partial charge in [-0.05, 0) is 64.0 Å². The number of benzene rings is 3. The van der Waals surface area contributed by atoms with Gasteiger partial charge in [-0.15, -0.1) is 0 Å². The number of nitroso groups, excluding NO2 is 2. The lowest BCUT2D eigenvalue weighted by molar-refractivity contribution is -0.380. The third kappa shape index (κ3) is 12.9. The van der Waals surface area contributed by atoms with Gasteiger partial charge < -0.3 is 50.2 Å². The Hall–Kier alpha value is -4.57. The summed E-state index contributed by atoms with van der Waals surface area (Å²) < 4.78 is 39.3. The maximum absolute atomic E-state index is 12.5. The number of piperidine rings is 2. The number of nitrogen functional groups attached to an aromatic ring is 1. The van der Waals surface area contributed by atoms with Crippen molar-refractivity contribution in [2.45, 2.75) is 37.9 Å². The maximum Gasteiger partial charge on any atom is 0.295 e. The first-order valence-corrected chi connectivity index (χ1v) is 15.1. The number of anilines is 1. The van der Waals surface area contributed by atoms with Crippen LogP contribution in [-0.4, -0.2) is 94.6 Å². The second-order valence-corrected chi connectivity index (χ2v) is 11.1. The Bertz CT molecular complexity index is 1400. The highest BCUT2D eigenvalue weighted by atomic mass is 19.1.